The molecular weight excluding hydrogens is 633 g/mol. The van der Waals surface area contributed by atoms with Crippen molar-refractivity contribution in [1.82, 2.24) is 19.1 Å². The summed E-state index contributed by atoms with van der Waals surface area (Å²) >= 11 is 0. The lowest BCUT2D eigenvalue weighted by Gasteiger charge is -2.12. The number of para-hydroxylation sites is 4. The molecular formula is C48H30N4. The minimum absolute atomic E-state index is 0.666. The number of aromatic nitrogens is 4. The van der Waals surface area contributed by atoms with Crippen molar-refractivity contribution in [3.05, 3.63) is 182 Å². The Hall–Kier alpha value is -7.04. The minimum atomic E-state index is 0.666. The van der Waals surface area contributed by atoms with Gasteiger partial charge < -0.3 is 4.57 Å². The van der Waals surface area contributed by atoms with Crippen LogP contribution in [0.15, 0.2) is 182 Å². The van der Waals surface area contributed by atoms with E-state index in [2.05, 4.69) is 179 Å². The average Bonchev–Trinajstić information content (AvgIpc) is 3.74. The molecule has 3 aromatic heterocycles. The fourth-order valence-electron chi connectivity index (χ4n) is 8.27. The highest BCUT2D eigenvalue weighted by atomic mass is 15.2. The van der Waals surface area contributed by atoms with E-state index in [9.17, 15) is 0 Å². The summed E-state index contributed by atoms with van der Waals surface area (Å²) in [6.45, 7) is 0. The maximum Gasteiger partial charge on any atom is 0.235 e. The standard InChI is InChI=1S/C48H30N4/c1-3-14-31(15-4-1)47-38-19-7-10-23-41(38)49-48(50-47)52-43-25-12-9-20-39(43)46-37-22-13-21-34(35(37)27-29-45(46)52)32-26-28-44-40(30-32)36-18-8-11-24-42(36)51(44)33-16-5-2-6-17-33/h1-30H. The molecule has 0 radical (unpaired) electrons. The number of fused-ring (bicyclic) bond motifs is 9. The molecule has 4 nitrogen and oxygen atoms in total. The molecule has 242 valence electrons. The zero-order valence-corrected chi connectivity index (χ0v) is 28.1. The molecule has 0 N–H and O–H groups in total. The van der Waals surface area contributed by atoms with Crippen molar-refractivity contribution < 1.29 is 0 Å². The monoisotopic (exact) mass is 662 g/mol. The molecule has 0 saturated heterocycles. The predicted octanol–water partition coefficient (Wildman–Crippen LogP) is 12.3. The van der Waals surface area contributed by atoms with Gasteiger partial charge in [0.05, 0.1) is 33.3 Å². The topological polar surface area (TPSA) is 35.6 Å². The van der Waals surface area contributed by atoms with Crippen molar-refractivity contribution in [2.24, 2.45) is 0 Å². The van der Waals surface area contributed by atoms with Gasteiger partial charge in [0, 0.05) is 38.2 Å². The molecule has 0 aliphatic heterocycles. The Balaban J connectivity index is 1.15. The molecule has 0 saturated carbocycles. The minimum Gasteiger partial charge on any atom is -0.309 e. The second-order valence-electron chi connectivity index (χ2n) is 13.4. The lowest BCUT2D eigenvalue weighted by Crippen LogP contribution is -2.03. The first kappa shape index (κ1) is 28.8. The molecule has 0 aliphatic rings. The van der Waals surface area contributed by atoms with Gasteiger partial charge in [-0.05, 0) is 70.4 Å². The predicted molar refractivity (Wildman–Crippen MR) is 217 cm³/mol. The number of rotatable bonds is 4. The Morgan fingerprint density at radius 1 is 0.346 bits per heavy atom. The Labute approximate surface area is 299 Å². The zero-order chi connectivity index (χ0) is 34.2. The van der Waals surface area contributed by atoms with Crippen LogP contribution in [0.2, 0.25) is 0 Å². The highest BCUT2D eigenvalue weighted by Gasteiger charge is 2.20. The third kappa shape index (κ3) is 4.21. The van der Waals surface area contributed by atoms with E-state index in [1.807, 2.05) is 12.1 Å². The number of nitrogens with zero attached hydrogens (tertiary/aromatic N) is 4. The van der Waals surface area contributed by atoms with E-state index in [4.69, 9.17) is 9.97 Å². The van der Waals surface area contributed by atoms with Crippen molar-refractivity contribution in [1.29, 1.82) is 0 Å². The van der Waals surface area contributed by atoms with E-state index in [0.717, 1.165) is 38.9 Å². The van der Waals surface area contributed by atoms with E-state index in [0.29, 0.717) is 5.95 Å². The maximum absolute atomic E-state index is 5.29. The van der Waals surface area contributed by atoms with Crippen LogP contribution in [0.25, 0.3) is 99.3 Å². The van der Waals surface area contributed by atoms with Crippen LogP contribution in [-0.2, 0) is 0 Å². The summed E-state index contributed by atoms with van der Waals surface area (Å²) in [5.74, 6) is 0.666. The highest BCUT2D eigenvalue weighted by Crippen LogP contribution is 2.41. The zero-order valence-electron chi connectivity index (χ0n) is 28.1. The molecule has 3 heterocycles. The summed E-state index contributed by atoms with van der Waals surface area (Å²) in [5, 5.41) is 8.34. The van der Waals surface area contributed by atoms with Crippen LogP contribution in [0.5, 0.6) is 0 Å². The molecule has 4 heteroatoms. The Bertz CT molecular complexity index is 3170. The molecule has 0 fully saturated rings. The fraction of sp³-hybridized carbons (Fsp3) is 0. The van der Waals surface area contributed by atoms with Gasteiger partial charge in [0.1, 0.15) is 0 Å². The van der Waals surface area contributed by atoms with Crippen molar-refractivity contribution in [2.75, 3.05) is 0 Å². The first-order valence-corrected chi connectivity index (χ1v) is 17.7. The van der Waals surface area contributed by atoms with Crippen LogP contribution in [-0.4, -0.2) is 19.1 Å². The summed E-state index contributed by atoms with van der Waals surface area (Å²) in [6, 6.07) is 64.9. The summed E-state index contributed by atoms with van der Waals surface area (Å²) in [6.07, 6.45) is 0. The fourth-order valence-corrected chi connectivity index (χ4v) is 8.27. The Morgan fingerprint density at radius 2 is 0.981 bits per heavy atom. The SMILES string of the molecule is c1ccc(-c2nc(-n3c4ccccc4c4c5cccc(-c6ccc7c(c6)c6ccccc6n7-c6ccccc6)c5ccc43)nc3ccccc23)cc1. The number of hydrogen-bond donors (Lipinski definition) is 0. The van der Waals surface area contributed by atoms with Crippen LogP contribution in [0.1, 0.15) is 0 Å². The molecule has 0 spiro atoms. The average molecular weight is 663 g/mol. The number of benzene rings is 8. The summed E-state index contributed by atoms with van der Waals surface area (Å²) in [7, 11) is 0. The third-order valence-electron chi connectivity index (χ3n) is 10.5. The smallest absolute Gasteiger partial charge is 0.235 e. The molecule has 0 aliphatic carbocycles. The van der Waals surface area contributed by atoms with Crippen molar-refractivity contribution >= 4 is 65.3 Å². The molecule has 11 rings (SSSR count). The van der Waals surface area contributed by atoms with Gasteiger partial charge in [-0.25, -0.2) is 9.97 Å². The van der Waals surface area contributed by atoms with Gasteiger partial charge in [-0.1, -0.05) is 133 Å². The van der Waals surface area contributed by atoms with Gasteiger partial charge in [-0.15, -0.1) is 0 Å². The summed E-state index contributed by atoms with van der Waals surface area (Å²) < 4.78 is 4.61. The molecule has 0 atom stereocenters. The van der Waals surface area contributed by atoms with E-state index in [-0.39, 0.29) is 0 Å². The van der Waals surface area contributed by atoms with Crippen molar-refractivity contribution in [2.45, 2.75) is 0 Å². The third-order valence-corrected chi connectivity index (χ3v) is 10.5. The van der Waals surface area contributed by atoms with Crippen molar-refractivity contribution in [3.8, 4) is 34.0 Å². The first-order valence-electron chi connectivity index (χ1n) is 17.7. The van der Waals surface area contributed by atoms with Gasteiger partial charge in [-0.3, -0.25) is 4.57 Å². The van der Waals surface area contributed by atoms with Crippen LogP contribution in [0.4, 0.5) is 0 Å². The van der Waals surface area contributed by atoms with Gasteiger partial charge in [0.2, 0.25) is 5.95 Å². The van der Waals surface area contributed by atoms with Crippen molar-refractivity contribution in [3.63, 3.8) is 0 Å². The second-order valence-corrected chi connectivity index (χ2v) is 13.4. The van der Waals surface area contributed by atoms with Gasteiger partial charge in [0.25, 0.3) is 0 Å². The van der Waals surface area contributed by atoms with Gasteiger partial charge in [0.15, 0.2) is 0 Å². The molecule has 0 bridgehead atoms. The second kappa shape index (κ2) is 11.2. The molecule has 52 heavy (non-hydrogen) atoms. The lowest BCUT2D eigenvalue weighted by molar-refractivity contribution is 1.01. The molecule has 0 unspecified atom stereocenters. The van der Waals surface area contributed by atoms with Gasteiger partial charge in [-0.2, -0.15) is 0 Å². The highest BCUT2D eigenvalue weighted by molar-refractivity contribution is 6.23. The van der Waals surface area contributed by atoms with Gasteiger partial charge >= 0.3 is 0 Å². The van der Waals surface area contributed by atoms with E-state index in [1.54, 1.807) is 0 Å². The summed E-state index contributed by atoms with van der Waals surface area (Å²) in [5.41, 5.74) is 11.1. The van der Waals surface area contributed by atoms with Crippen LogP contribution < -0.4 is 0 Å². The largest absolute Gasteiger partial charge is 0.309 e. The van der Waals surface area contributed by atoms with Crippen LogP contribution in [0.3, 0.4) is 0 Å². The number of hydrogen-bond acceptors (Lipinski definition) is 2. The molecule has 8 aromatic carbocycles. The van der Waals surface area contributed by atoms with Crippen LogP contribution >= 0.6 is 0 Å². The van der Waals surface area contributed by atoms with Crippen LogP contribution in [0, 0.1) is 0 Å². The summed E-state index contributed by atoms with van der Waals surface area (Å²) in [4.78, 5) is 10.5. The quantitative estimate of drug-likeness (QED) is 0.188. The maximum atomic E-state index is 5.29. The lowest BCUT2D eigenvalue weighted by atomic mass is 9.94. The molecule has 0 amide bonds. The van der Waals surface area contributed by atoms with E-state index in [1.165, 1.54) is 54.5 Å². The van der Waals surface area contributed by atoms with E-state index < -0.39 is 0 Å². The Morgan fingerprint density at radius 3 is 1.81 bits per heavy atom. The normalized spacial score (nSPS) is 11.8. The molecule has 11 aromatic rings. The van der Waals surface area contributed by atoms with E-state index >= 15 is 0 Å². The Kier molecular flexibility index (Phi) is 6.22. The first-order chi connectivity index (χ1) is 25.8.